The van der Waals surface area contributed by atoms with E-state index in [1.807, 2.05) is 0 Å². The minimum absolute atomic E-state index is 0.0721. The van der Waals surface area contributed by atoms with E-state index in [0.717, 1.165) is 12.1 Å². The van der Waals surface area contributed by atoms with Crippen molar-refractivity contribution < 1.29 is 76.2 Å². The zero-order valence-electron chi connectivity index (χ0n) is 52.0. The molecule has 0 unspecified atom stereocenters. The highest BCUT2D eigenvalue weighted by Gasteiger charge is 2.45. The Morgan fingerprint density at radius 2 is 1.07 bits per heavy atom. The summed E-state index contributed by atoms with van der Waals surface area (Å²) in [4.78, 5) is 102. The van der Waals surface area contributed by atoms with Crippen LogP contribution >= 0.6 is 0 Å². The number of benzene rings is 4. The first-order valence-electron chi connectivity index (χ1n) is 29.3. The predicted octanol–water partition coefficient (Wildman–Crippen LogP) is 9.26. The van der Waals surface area contributed by atoms with Gasteiger partial charge in [-0.25, -0.2) is 9.18 Å². The Morgan fingerprint density at radius 3 is 1.50 bits per heavy atom. The van der Waals surface area contributed by atoms with Crippen molar-refractivity contribution in [3.63, 3.8) is 0 Å². The standard InChI is InChI=1S/C63H80FN7O15Si2/c1-37(2)56(67-63(78)79)58(73)65-38(3)57(72)66-43-17-14-39(15-18-43)41-27-49-61(76)70(35-83-22-24-87(7,8)9)47-31-54(52(81-5)29-44(47)59(74)68(49)33-41)85-20-13-21-86-55-32-48-45(30-53(55)82-6)60(75)69-34-42(40-16-19-51(80-4)46(64)26-40)28-50(69)62(77)71(48)36-84-23-25-88(10,11)12/h14-19,26,29-34,37-38,49-50,56,67H,13,20-25,27-28,35-36H2,1-12H3,(H,65,73)(H,66,72)(H,78,79)/t38-,49-,50-,56-/m0/s1. The SMILES string of the molecule is COc1ccc(C2=CN3C(=O)c4cc(OC)c(OCCCOc5cc6c(cc5OC)C(=O)N5C=C(c7ccc(NC(=O)[C@H](C)NC(=O)[C@@H](NC(=O)O)C(C)C)cc7)C[C@H]5C(=O)N6COCC[Si](C)(C)C)cc4N(COCC[Si](C)(C)C)C(=O)[C@@H]3C2)cc1F. The molecule has 4 aromatic rings. The van der Waals surface area contributed by atoms with E-state index in [9.17, 15) is 43.1 Å². The summed E-state index contributed by atoms with van der Waals surface area (Å²) in [5, 5.41) is 16.7. The Kier molecular flexibility index (Phi) is 20.8. The van der Waals surface area contributed by atoms with Crippen LogP contribution in [0.3, 0.4) is 0 Å². The van der Waals surface area contributed by atoms with Crippen LogP contribution in [0.2, 0.25) is 51.4 Å². The van der Waals surface area contributed by atoms with Crippen molar-refractivity contribution in [1.29, 1.82) is 0 Å². The van der Waals surface area contributed by atoms with Gasteiger partial charge in [0.1, 0.15) is 37.6 Å². The third kappa shape index (κ3) is 15.3. The molecule has 8 rings (SSSR count). The Hall–Kier alpha value is -8.27. The minimum atomic E-state index is -1.54. The normalized spacial score (nSPS) is 17.2. The van der Waals surface area contributed by atoms with Crippen LogP contribution in [0.25, 0.3) is 11.1 Å². The number of fused-ring (bicyclic) bond motifs is 4. The molecule has 88 heavy (non-hydrogen) atoms. The van der Waals surface area contributed by atoms with Crippen LogP contribution in [0.5, 0.6) is 28.7 Å². The van der Waals surface area contributed by atoms with Gasteiger partial charge < -0.3 is 64.0 Å². The topological polar surface area (TPSA) is 253 Å². The maximum absolute atomic E-state index is 14.9. The highest BCUT2D eigenvalue weighted by Crippen LogP contribution is 2.44. The molecule has 4 heterocycles. The van der Waals surface area contributed by atoms with Crippen molar-refractivity contribution >= 4 is 85.9 Å². The summed E-state index contributed by atoms with van der Waals surface area (Å²) in [5.74, 6) is -2.73. The summed E-state index contributed by atoms with van der Waals surface area (Å²) < 4.78 is 56.7. The van der Waals surface area contributed by atoms with Crippen molar-refractivity contribution in [2.24, 2.45) is 5.92 Å². The summed E-state index contributed by atoms with van der Waals surface area (Å²) in [6.45, 7) is 18.9. The Bertz CT molecular complexity index is 3380. The maximum Gasteiger partial charge on any atom is 0.405 e. The molecule has 7 amide bonds. The Morgan fingerprint density at radius 1 is 0.602 bits per heavy atom. The summed E-state index contributed by atoms with van der Waals surface area (Å²) in [6, 6.07) is 15.4. The van der Waals surface area contributed by atoms with Crippen molar-refractivity contribution in [3.05, 3.63) is 107 Å². The van der Waals surface area contributed by atoms with Gasteiger partial charge in [-0.3, -0.25) is 38.6 Å². The number of rotatable bonds is 27. The number of nitrogens with zero attached hydrogens (tertiary/aromatic N) is 4. The van der Waals surface area contributed by atoms with E-state index in [-0.39, 0.29) is 108 Å². The molecule has 22 nitrogen and oxygen atoms in total. The van der Waals surface area contributed by atoms with E-state index >= 15 is 0 Å². The van der Waals surface area contributed by atoms with Gasteiger partial charge in [-0.05, 0) is 83.6 Å². The van der Waals surface area contributed by atoms with Gasteiger partial charge in [-0.2, -0.15) is 0 Å². The van der Waals surface area contributed by atoms with E-state index in [4.69, 9.17) is 33.2 Å². The van der Waals surface area contributed by atoms with Gasteiger partial charge in [0.2, 0.25) is 11.8 Å². The number of ether oxygens (including phenoxy) is 7. The van der Waals surface area contributed by atoms with Gasteiger partial charge >= 0.3 is 6.09 Å². The number of hydrogen-bond acceptors (Lipinski definition) is 14. The molecular weight excluding hydrogens is 1170 g/mol. The fraction of sp³-hybridized carbons (Fsp3) is 0.444. The van der Waals surface area contributed by atoms with E-state index in [0.29, 0.717) is 47.6 Å². The lowest BCUT2D eigenvalue weighted by Gasteiger charge is -2.27. The van der Waals surface area contributed by atoms with Crippen LogP contribution in [0, 0.1) is 11.7 Å². The van der Waals surface area contributed by atoms with Crippen molar-refractivity contribution in [2.75, 3.05) is 76.3 Å². The molecule has 4 aliphatic rings. The van der Waals surface area contributed by atoms with Crippen molar-refractivity contribution in [2.45, 2.75) is 116 Å². The predicted molar refractivity (Wildman–Crippen MR) is 335 cm³/mol. The average Bonchev–Trinajstić information content (AvgIpc) is 2.15. The fourth-order valence-electron chi connectivity index (χ4n) is 10.4. The van der Waals surface area contributed by atoms with Crippen LogP contribution in [0.1, 0.15) is 71.9 Å². The summed E-state index contributed by atoms with van der Waals surface area (Å²) in [5.41, 5.74) is 3.83. The zero-order chi connectivity index (χ0) is 63.9. The van der Waals surface area contributed by atoms with Gasteiger partial charge in [-0.15, -0.1) is 0 Å². The van der Waals surface area contributed by atoms with Crippen LogP contribution in [-0.4, -0.2) is 158 Å². The second-order valence-corrected chi connectivity index (χ2v) is 36.1. The number of nitrogens with one attached hydrogen (secondary N) is 3. The lowest BCUT2D eigenvalue weighted by atomic mass is 10.0. The largest absolute Gasteiger partial charge is 0.494 e. The quantitative estimate of drug-likeness (QED) is 0.0321. The molecule has 0 bridgehead atoms. The lowest BCUT2D eigenvalue weighted by Crippen LogP contribution is -2.53. The van der Waals surface area contributed by atoms with Gasteiger partial charge in [0.15, 0.2) is 34.6 Å². The number of halogens is 1. The average molecular weight is 1250 g/mol. The van der Waals surface area contributed by atoms with Gasteiger partial charge in [0, 0.05) is 78.8 Å². The van der Waals surface area contributed by atoms with Gasteiger partial charge in [0.05, 0.1) is 57.0 Å². The third-order valence-electron chi connectivity index (χ3n) is 15.5. The molecule has 0 saturated carbocycles. The van der Waals surface area contributed by atoms with Crippen LogP contribution in [-0.2, 0) is 28.7 Å². The van der Waals surface area contributed by atoms with E-state index < -0.39 is 75.9 Å². The summed E-state index contributed by atoms with van der Waals surface area (Å²) in [6.07, 6.45) is 2.49. The Labute approximate surface area is 514 Å². The van der Waals surface area contributed by atoms with Crippen LogP contribution < -0.4 is 49.4 Å². The highest BCUT2D eigenvalue weighted by molar-refractivity contribution is 6.76. The fourth-order valence-corrected chi connectivity index (χ4v) is 11.9. The molecule has 25 heteroatoms. The summed E-state index contributed by atoms with van der Waals surface area (Å²) >= 11 is 0. The number of carboxylic acid groups (broad SMARTS) is 1. The molecule has 0 aliphatic carbocycles. The summed E-state index contributed by atoms with van der Waals surface area (Å²) in [7, 11) is 1.22. The molecule has 4 aliphatic heterocycles. The number of hydrogen-bond donors (Lipinski definition) is 4. The van der Waals surface area contributed by atoms with E-state index in [1.54, 1.807) is 80.8 Å². The smallest absolute Gasteiger partial charge is 0.405 e. The molecule has 4 aromatic carbocycles. The first-order valence-corrected chi connectivity index (χ1v) is 36.7. The van der Waals surface area contributed by atoms with Crippen LogP contribution in [0.15, 0.2) is 79.1 Å². The number of amides is 7. The third-order valence-corrected chi connectivity index (χ3v) is 18.9. The molecular formula is C63H80FN7O15Si2. The minimum Gasteiger partial charge on any atom is -0.494 e. The molecule has 0 fully saturated rings. The second-order valence-electron chi connectivity index (χ2n) is 24.8. The Balaban J connectivity index is 0.985. The van der Waals surface area contributed by atoms with Gasteiger partial charge in [-0.1, -0.05) is 71.3 Å². The van der Waals surface area contributed by atoms with Gasteiger partial charge in [0.25, 0.3) is 23.6 Å². The van der Waals surface area contributed by atoms with E-state index in [1.165, 1.54) is 60.0 Å². The monoisotopic (exact) mass is 1250 g/mol. The molecule has 472 valence electrons. The number of carbonyl (C=O) groups excluding carboxylic acids is 6. The first kappa shape index (κ1) is 65.7. The molecule has 0 aromatic heterocycles. The maximum atomic E-state index is 14.9. The number of anilines is 3. The molecule has 4 atom stereocenters. The number of carbonyl (C=O) groups is 7. The second kappa shape index (κ2) is 27.8. The van der Waals surface area contributed by atoms with Crippen LogP contribution in [0.4, 0.5) is 26.2 Å². The molecule has 4 N–H and O–H groups in total. The van der Waals surface area contributed by atoms with Crippen molar-refractivity contribution in [3.8, 4) is 28.7 Å². The molecule has 0 radical (unpaired) electrons. The van der Waals surface area contributed by atoms with Crippen molar-refractivity contribution in [1.82, 2.24) is 20.4 Å². The number of methoxy groups -OCH3 is 3. The molecule has 0 saturated heterocycles. The first-order chi connectivity index (χ1) is 41.7. The lowest BCUT2D eigenvalue weighted by molar-refractivity contribution is -0.128. The van der Waals surface area contributed by atoms with E-state index in [2.05, 4.69) is 55.2 Å². The highest BCUT2D eigenvalue weighted by atomic mass is 28.3. The zero-order valence-corrected chi connectivity index (χ0v) is 54.0. The molecule has 0 spiro atoms.